The predicted octanol–water partition coefficient (Wildman–Crippen LogP) is 1.34. The van der Waals surface area contributed by atoms with E-state index in [1.807, 2.05) is 0 Å². The number of likely N-dealkylation sites (N-methyl/N-ethyl adjacent to an activating group) is 1. The number of nitrogens with one attached hydrogen (secondary N) is 1. The molecule has 2 aliphatic heterocycles. The van der Waals surface area contributed by atoms with Crippen LogP contribution >= 0.6 is 0 Å². The Kier molecular flexibility index (Phi) is 6.70. The highest BCUT2D eigenvalue weighted by Crippen LogP contribution is 2.25. The lowest BCUT2D eigenvalue weighted by molar-refractivity contribution is 0.0856. The molecule has 0 amide bonds. The molecule has 1 aromatic rings. The van der Waals surface area contributed by atoms with Crippen LogP contribution in [0.1, 0.15) is 18.5 Å². The summed E-state index contributed by atoms with van der Waals surface area (Å²) in [6.45, 7) is 13.9. The fourth-order valence-electron chi connectivity index (χ4n) is 3.95. The van der Waals surface area contributed by atoms with Gasteiger partial charge in [-0.2, -0.15) is 0 Å². The Bertz CT molecular complexity index is 501. The Morgan fingerprint density at radius 3 is 2.08 bits per heavy atom. The van der Waals surface area contributed by atoms with Crippen LogP contribution in [0.25, 0.3) is 0 Å². The summed E-state index contributed by atoms with van der Waals surface area (Å²) < 4.78 is 0. The van der Waals surface area contributed by atoms with Gasteiger partial charge in [-0.05, 0) is 24.2 Å². The van der Waals surface area contributed by atoms with E-state index in [1.54, 1.807) is 0 Å². The average molecular weight is 346 g/mol. The van der Waals surface area contributed by atoms with Gasteiger partial charge in [-0.1, -0.05) is 19.1 Å². The van der Waals surface area contributed by atoms with Crippen LogP contribution in [0, 0.1) is 0 Å². The van der Waals surface area contributed by atoms with Crippen molar-refractivity contribution in [2.45, 2.75) is 13.0 Å². The van der Waals surface area contributed by atoms with E-state index in [0.29, 0.717) is 6.04 Å². The van der Waals surface area contributed by atoms with Crippen molar-refractivity contribution < 1.29 is 0 Å². The van der Waals surface area contributed by atoms with Crippen LogP contribution in [0.3, 0.4) is 0 Å². The van der Waals surface area contributed by atoms with E-state index in [9.17, 15) is 0 Å². The van der Waals surface area contributed by atoms with E-state index < -0.39 is 0 Å². The molecule has 25 heavy (non-hydrogen) atoms. The zero-order chi connectivity index (χ0) is 17.6. The normalized spacial score (nSPS) is 22.0. The monoisotopic (exact) mass is 345 g/mol. The summed E-state index contributed by atoms with van der Waals surface area (Å²) >= 11 is 0. The molecule has 2 fully saturated rings. The van der Waals surface area contributed by atoms with Crippen molar-refractivity contribution >= 4 is 5.69 Å². The van der Waals surface area contributed by atoms with Gasteiger partial charge in [0.05, 0.1) is 0 Å². The number of rotatable bonds is 6. The van der Waals surface area contributed by atoms with Crippen LogP contribution in [0.2, 0.25) is 0 Å². The van der Waals surface area contributed by atoms with Crippen LogP contribution < -0.4 is 10.2 Å². The first-order valence-electron chi connectivity index (χ1n) is 9.84. The van der Waals surface area contributed by atoms with Crippen molar-refractivity contribution in [3.05, 3.63) is 29.8 Å². The molecule has 1 aromatic carbocycles. The van der Waals surface area contributed by atoms with Gasteiger partial charge in [0.25, 0.3) is 0 Å². The van der Waals surface area contributed by atoms with Gasteiger partial charge in [0.2, 0.25) is 0 Å². The average Bonchev–Trinajstić information content (AvgIpc) is 2.67. The first kappa shape index (κ1) is 18.6. The molecule has 0 saturated carbocycles. The van der Waals surface area contributed by atoms with Gasteiger partial charge in [-0.25, -0.2) is 0 Å². The summed E-state index contributed by atoms with van der Waals surface area (Å²) in [4.78, 5) is 10.1. The molecule has 0 aromatic heterocycles. The molecule has 2 aliphatic rings. The van der Waals surface area contributed by atoms with E-state index in [0.717, 1.165) is 32.7 Å². The molecule has 3 rings (SSSR count). The summed E-state index contributed by atoms with van der Waals surface area (Å²) in [6.07, 6.45) is 0. The molecule has 0 spiro atoms. The van der Waals surface area contributed by atoms with Crippen LogP contribution in [0.5, 0.6) is 0 Å². The van der Waals surface area contributed by atoms with Crippen molar-refractivity contribution in [2.24, 2.45) is 0 Å². The number of hydrogen-bond donors (Lipinski definition) is 1. The molecule has 0 radical (unpaired) electrons. The Morgan fingerprint density at radius 2 is 1.52 bits per heavy atom. The van der Waals surface area contributed by atoms with E-state index in [4.69, 9.17) is 0 Å². The van der Waals surface area contributed by atoms with Crippen LogP contribution in [-0.4, -0.2) is 94.2 Å². The van der Waals surface area contributed by atoms with Gasteiger partial charge >= 0.3 is 0 Å². The second kappa shape index (κ2) is 8.99. The Morgan fingerprint density at radius 1 is 0.920 bits per heavy atom. The number of benzene rings is 1. The minimum atomic E-state index is 0.506. The van der Waals surface area contributed by atoms with Gasteiger partial charge < -0.3 is 15.1 Å². The minimum Gasteiger partial charge on any atom is -0.378 e. The van der Waals surface area contributed by atoms with Crippen molar-refractivity contribution in [3.63, 3.8) is 0 Å². The van der Waals surface area contributed by atoms with Gasteiger partial charge in [-0.15, -0.1) is 0 Å². The molecule has 2 heterocycles. The van der Waals surface area contributed by atoms with Crippen molar-refractivity contribution in [1.82, 2.24) is 20.0 Å². The van der Waals surface area contributed by atoms with Crippen LogP contribution in [0.4, 0.5) is 5.69 Å². The summed E-state index contributed by atoms with van der Waals surface area (Å²) in [5.41, 5.74) is 2.74. The van der Waals surface area contributed by atoms with E-state index in [-0.39, 0.29) is 0 Å². The lowest BCUT2D eigenvalue weighted by Gasteiger charge is -2.41. The van der Waals surface area contributed by atoms with Gasteiger partial charge in [-0.3, -0.25) is 9.80 Å². The molecule has 0 bridgehead atoms. The number of nitrogens with zero attached hydrogens (tertiary/aromatic N) is 4. The predicted molar refractivity (Wildman–Crippen MR) is 107 cm³/mol. The van der Waals surface area contributed by atoms with Gasteiger partial charge in [0, 0.05) is 84.7 Å². The smallest absolute Gasteiger partial charge is 0.0476 e. The lowest BCUT2D eigenvalue weighted by atomic mass is 10.0. The number of hydrogen-bond acceptors (Lipinski definition) is 5. The molecule has 140 valence electrons. The molecule has 5 heteroatoms. The fraction of sp³-hybridized carbons (Fsp3) is 0.700. The van der Waals surface area contributed by atoms with Crippen LogP contribution in [-0.2, 0) is 0 Å². The van der Waals surface area contributed by atoms with E-state index in [2.05, 4.69) is 70.2 Å². The highest BCUT2D eigenvalue weighted by atomic mass is 15.3. The Balaban J connectivity index is 1.70. The summed E-state index contributed by atoms with van der Waals surface area (Å²) in [6, 6.07) is 9.71. The Hall–Kier alpha value is -1.14. The molecule has 1 unspecified atom stereocenters. The number of anilines is 1. The standard InChI is InChI=1S/C20H35N5/c1-4-23-13-15-24(16-14-23)17-20(25-11-9-21-10-12-25)18-5-7-19(8-6-18)22(2)3/h5-8,20-21H,4,9-17H2,1-3H3. The molecule has 0 aliphatic carbocycles. The zero-order valence-corrected chi connectivity index (χ0v) is 16.2. The third kappa shape index (κ3) is 4.94. The lowest BCUT2D eigenvalue weighted by Crippen LogP contribution is -2.51. The second-order valence-corrected chi connectivity index (χ2v) is 7.52. The highest BCUT2D eigenvalue weighted by Gasteiger charge is 2.26. The topological polar surface area (TPSA) is 25.0 Å². The van der Waals surface area contributed by atoms with Crippen molar-refractivity contribution in [3.8, 4) is 0 Å². The molecule has 2 saturated heterocycles. The fourth-order valence-corrected chi connectivity index (χ4v) is 3.95. The summed E-state index contributed by atoms with van der Waals surface area (Å²) in [5.74, 6) is 0. The van der Waals surface area contributed by atoms with Crippen molar-refractivity contribution in [2.75, 3.05) is 84.4 Å². The SMILES string of the molecule is CCN1CCN(CC(c2ccc(N(C)C)cc2)N2CCNCC2)CC1. The molecule has 5 nitrogen and oxygen atoms in total. The maximum atomic E-state index is 3.49. The molecular weight excluding hydrogens is 310 g/mol. The van der Waals surface area contributed by atoms with Gasteiger partial charge in [0.1, 0.15) is 0 Å². The summed E-state index contributed by atoms with van der Waals surface area (Å²) in [5, 5.41) is 3.49. The quantitative estimate of drug-likeness (QED) is 0.839. The second-order valence-electron chi connectivity index (χ2n) is 7.52. The molecule has 1 atom stereocenters. The van der Waals surface area contributed by atoms with Crippen molar-refractivity contribution in [1.29, 1.82) is 0 Å². The molecule has 1 N–H and O–H groups in total. The third-order valence-electron chi connectivity index (χ3n) is 5.73. The third-order valence-corrected chi connectivity index (χ3v) is 5.73. The van der Waals surface area contributed by atoms with Gasteiger partial charge in [0.15, 0.2) is 0 Å². The number of piperazine rings is 2. The zero-order valence-electron chi connectivity index (χ0n) is 16.2. The first-order chi connectivity index (χ1) is 12.2. The van der Waals surface area contributed by atoms with Crippen LogP contribution in [0.15, 0.2) is 24.3 Å². The molecular formula is C20H35N5. The largest absolute Gasteiger partial charge is 0.378 e. The first-order valence-corrected chi connectivity index (χ1v) is 9.84. The summed E-state index contributed by atoms with van der Waals surface area (Å²) in [7, 11) is 4.21. The maximum absolute atomic E-state index is 3.49. The minimum absolute atomic E-state index is 0.506. The Labute approximate surface area is 153 Å². The van der Waals surface area contributed by atoms with E-state index >= 15 is 0 Å². The maximum Gasteiger partial charge on any atom is 0.0476 e. The highest BCUT2D eigenvalue weighted by molar-refractivity contribution is 5.46. The van der Waals surface area contributed by atoms with E-state index in [1.165, 1.54) is 44.0 Å².